The first-order valence-corrected chi connectivity index (χ1v) is 9.76. The Labute approximate surface area is 183 Å². The fourth-order valence-corrected chi connectivity index (χ4v) is 3.22. The Morgan fingerprint density at radius 3 is 2.38 bits per heavy atom. The number of ether oxygens (including phenoxy) is 4. The molecule has 0 saturated heterocycles. The van der Waals surface area contributed by atoms with Crippen molar-refractivity contribution < 1.29 is 28.1 Å². The number of esters is 1. The van der Waals surface area contributed by atoms with Crippen molar-refractivity contribution in [3.05, 3.63) is 77.9 Å². The average molecular weight is 436 g/mol. The van der Waals surface area contributed by atoms with E-state index in [0.29, 0.717) is 17.3 Å². The summed E-state index contributed by atoms with van der Waals surface area (Å²) in [5.74, 6) is 1.71. The molecule has 4 rings (SSSR count). The fourth-order valence-electron chi connectivity index (χ4n) is 3.22. The van der Waals surface area contributed by atoms with Crippen LogP contribution < -0.4 is 14.2 Å². The Morgan fingerprint density at radius 2 is 1.66 bits per heavy atom. The number of methoxy groups -OCH3 is 2. The van der Waals surface area contributed by atoms with E-state index < -0.39 is 11.8 Å². The predicted octanol–water partition coefficient (Wildman–Crippen LogP) is 4.88. The molecule has 7 nitrogen and oxygen atoms in total. The molecule has 164 valence electrons. The molecule has 0 amide bonds. The van der Waals surface area contributed by atoms with Crippen LogP contribution >= 0.6 is 0 Å². The van der Waals surface area contributed by atoms with Crippen LogP contribution in [0.15, 0.2) is 60.7 Å². The number of aryl methyl sites for hydroxylation is 1. The Bertz CT molecular complexity index is 1270. The molecule has 0 radical (unpaired) electrons. The van der Waals surface area contributed by atoms with Crippen LogP contribution in [0.5, 0.6) is 23.0 Å². The zero-order chi connectivity index (χ0) is 22.7. The largest absolute Gasteiger partial charge is 0.497 e. The van der Waals surface area contributed by atoms with Gasteiger partial charge in [0.25, 0.3) is 0 Å². The Kier molecular flexibility index (Phi) is 5.93. The van der Waals surface area contributed by atoms with Gasteiger partial charge in [-0.05, 0) is 48.5 Å². The first-order valence-electron chi connectivity index (χ1n) is 9.76. The maximum atomic E-state index is 13.8. The normalized spacial score (nSPS) is 10.8. The highest BCUT2D eigenvalue weighted by molar-refractivity contribution is 5.89. The van der Waals surface area contributed by atoms with Gasteiger partial charge in [0, 0.05) is 19.2 Å². The monoisotopic (exact) mass is 436 g/mol. The van der Waals surface area contributed by atoms with Crippen molar-refractivity contribution >= 4 is 17.0 Å². The number of benzene rings is 3. The van der Waals surface area contributed by atoms with E-state index in [4.69, 9.17) is 14.2 Å². The van der Waals surface area contributed by atoms with Crippen LogP contribution in [0.1, 0.15) is 16.2 Å². The molecule has 0 unspecified atom stereocenters. The van der Waals surface area contributed by atoms with Crippen molar-refractivity contribution in [2.75, 3.05) is 14.2 Å². The molecule has 1 heterocycles. The smallest absolute Gasteiger partial charge is 0.338 e. The highest BCUT2D eigenvalue weighted by atomic mass is 19.1. The topological polar surface area (TPSA) is 71.8 Å². The minimum Gasteiger partial charge on any atom is -0.497 e. The van der Waals surface area contributed by atoms with Gasteiger partial charge in [0.2, 0.25) is 0 Å². The van der Waals surface area contributed by atoms with Gasteiger partial charge in [0.1, 0.15) is 41.2 Å². The summed E-state index contributed by atoms with van der Waals surface area (Å²) in [7, 11) is 4.70. The second-order valence-corrected chi connectivity index (χ2v) is 6.97. The summed E-state index contributed by atoms with van der Waals surface area (Å²) in [6.45, 7) is 0.0872. The quantitative estimate of drug-likeness (QED) is 0.385. The highest BCUT2D eigenvalue weighted by Crippen LogP contribution is 2.27. The molecule has 0 atom stereocenters. The van der Waals surface area contributed by atoms with Crippen molar-refractivity contribution in [2.24, 2.45) is 7.05 Å². The molecule has 0 saturated carbocycles. The number of hydrogen-bond donors (Lipinski definition) is 0. The van der Waals surface area contributed by atoms with E-state index >= 15 is 0 Å². The van der Waals surface area contributed by atoms with Gasteiger partial charge in [-0.15, -0.1) is 0 Å². The van der Waals surface area contributed by atoms with Crippen LogP contribution in [0.3, 0.4) is 0 Å². The van der Waals surface area contributed by atoms with E-state index in [1.54, 1.807) is 7.11 Å². The van der Waals surface area contributed by atoms with Crippen LogP contribution in [-0.2, 0) is 18.4 Å². The van der Waals surface area contributed by atoms with Gasteiger partial charge in [-0.1, -0.05) is 0 Å². The summed E-state index contributed by atoms with van der Waals surface area (Å²) in [4.78, 5) is 16.3. The molecule has 0 fully saturated rings. The van der Waals surface area contributed by atoms with Crippen molar-refractivity contribution in [1.82, 2.24) is 9.55 Å². The molecular weight excluding hydrogens is 415 g/mol. The van der Waals surface area contributed by atoms with Crippen LogP contribution in [0, 0.1) is 5.82 Å². The van der Waals surface area contributed by atoms with Gasteiger partial charge in [0.15, 0.2) is 0 Å². The second-order valence-electron chi connectivity index (χ2n) is 6.97. The number of carbonyl (C=O) groups excluding carboxylic acids is 1. The number of imidazole rings is 1. The van der Waals surface area contributed by atoms with Crippen molar-refractivity contribution in [3.63, 3.8) is 0 Å². The SMILES string of the molecule is COC(=O)c1cc(F)cc(OCc2nc3ccc(Oc4ccc(OC)cc4)cc3n2C)c1. The lowest BCUT2D eigenvalue weighted by Gasteiger charge is -2.09. The molecule has 0 bridgehead atoms. The van der Waals surface area contributed by atoms with Gasteiger partial charge < -0.3 is 23.5 Å². The van der Waals surface area contributed by atoms with Crippen molar-refractivity contribution in [3.8, 4) is 23.0 Å². The van der Waals surface area contributed by atoms with E-state index in [0.717, 1.165) is 22.8 Å². The third-order valence-corrected chi connectivity index (χ3v) is 4.90. The molecule has 3 aromatic carbocycles. The van der Waals surface area contributed by atoms with Gasteiger partial charge in [-0.2, -0.15) is 0 Å². The molecule has 4 aromatic rings. The van der Waals surface area contributed by atoms with E-state index in [9.17, 15) is 9.18 Å². The first kappa shape index (κ1) is 21.2. The number of fused-ring (bicyclic) bond motifs is 1. The Hall–Kier alpha value is -4.07. The van der Waals surface area contributed by atoms with Gasteiger partial charge in [-0.25, -0.2) is 14.2 Å². The lowest BCUT2D eigenvalue weighted by Crippen LogP contribution is -2.06. The van der Waals surface area contributed by atoms with E-state index in [1.165, 1.54) is 19.2 Å². The fraction of sp³-hybridized carbons (Fsp3) is 0.167. The molecule has 0 aliphatic heterocycles. The predicted molar refractivity (Wildman–Crippen MR) is 116 cm³/mol. The first-order chi connectivity index (χ1) is 15.5. The summed E-state index contributed by atoms with van der Waals surface area (Å²) >= 11 is 0. The van der Waals surface area contributed by atoms with Crippen LogP contribution in [0.4, 0.5) is 4.39 Å². The summed E-state index contributed by atoms with van der Waals surface area (Å²) in [6.07, 6.45) is 0. The molecule has 0 spiro atoms. The minimum atomic E-state index is -0.638. The molecule has 0 aliphatic carbocycles. The van der Waals surface area contributed by atoms with Gasteiger partial charge in [-0.3, -0.25) is 0 Å². The van der Waals surface area contributed by atoms with E-state index in [-0.39, 0.29) is 17.9 Å². The number of nitrogens with zero attached hydrogens (tertiary/aromatic N) is 2. The van der Waals surface area contributed by atoms with Crippen LogP contribution in [0.25, 0.3) is 11.0 Å². The Morgan fingerprint density at radius 1 is 0.938 bits per heavy atom. The summed E-state index contributed by atoms with van der Waals surface area (Å²) in [6, 6.07) is 16.6. The molecule has 1 aromatic heterocycles. The molecule has 8 heteroatoms. The standard InChI is InChI=1S/C24H21FN2O5/c1-27-22-13-19(32-18-6-4-17(29-2)5-7-18)8-9-21(22)26-23(27)14-31-20-11-15(24(28)30-3)10-16(25)12-20/h4-13H,14H2,1-3H3. The van der Waals surface area contributed by atoms with E-state index in [1.807, 2.05) is 54.1 Å². The van der Waals surface area contributed by atoms with Crippen LogP contribution in [-0.4, -0.2) is 29.7 Å². The number of aromatic nitrogens is 2. The maximum Gasteiger partial charge on any atom is 0.338 e. The van der Waals surface area contributed by atoms with E-state index in [2.05, 4.69) is 9.72 Å². The zero-order valence-corrected chi connectivity index (χ0v) is 17.8. The van der Waals surface area contributed by atoms with Crippen LogP contribution in [0.2, 0.25) is 0 Å². The minimum absolute atomic E-state index is 0.0767. The molecular formula is C24H21FN2O5. The lowest BCUT2D eigenvalue weighted by molar-refractivity contribution is 0.0599. The maximum absolute atomic E-state index is 13.8. The number of hydrogen-bond acceptors (Lipinski definition) is 6. The molecule has 32 heavy (non-hydrogen) atoms. The van der Waals surface area contributed by atoms with Crippen molar-refractivity contribution in [2.45, 2.75) is 6.61 Å². The lowest BCUT2D eigenvalue weighted by atomic mass is 10.2. The third-order valence-electron chi connectivity index (χ3n) is 4.90. The summed E-state index contributed by atoms with van der Waals surface area (Å²) in [5.41, 5.74) is 1.69. The average Bonchev–Trinajstić information content (AvgIpc) is 3.12. The number of rotatable bonds is 7. The second kappa shape index (κ2) is 8.97. The summed E-state index contributed by atoms with van der Waals surface area (Å²) in [5, 5.41) is 0. The molecule has 0 aliphatic rings. The third kappa shape index (κ3) is 4.49. The number of halogens is 1. The molecule has 0 N–H and O–H groups in total. The Balaban J connectivity index is 1.52. The number of carbonyl (C=O) groups is 1. The van der Waals surface area contributed by atoms with Crippen molar-refractivity contribution in [1.29, 1.82) is 0 Å². The summed E-state index contributed by atoms with van der Waals surface area (Å²) < 4.78 is 37.1. The van der Waals surface area contributed by atoms with Gasteiger partial charge in [0.05, 0.1) is 30.8 Å². The van der Waals surface area contributed by atoms with Gasteiger partial charge >= 0.3 is 5.97 Å². The highest BCUT2D eigenvalue weighted by Gasteiger charge is 2.13. The zero-order valence-electron chi connectivity index (χ0n) is 17.8.